The minimum Gasteiger partial charge on any atom is -0.381 e. The van der Waals surface area contributed by atoms with Crippen molar-refractivity contribution in [2.24, 2.45) is 17.6 Å². The quantitative estimate of drug-likeness (QED) is 0.705. The Hall–Kier alpha value is -0.120. The summed E-state index contributed by atoms with van der Waals surface area (Å²) in [6.07, 6.45) is 4.85. The van der Waals surface area contributed by atoms with Crippen molar-refractivity contribution >= 4 is 0 Å². The fraction of sp³-hybridized carbons (Fsp3) is 1.00. The standard InChI is InChI=1S/C13H25NO2/c1-10(2)9-15-7-5-13(14)6-8-16-12(13)11-3-4-11/h10-12H,3-9,14H2,1-2H3. The maximum absolute atomic E-state index is 6.46. The maximum atomic E-state index is 6.46. The highest BCUT2D eigenvalue weighted by Gasteiger charge is 2.48. The zero-order chi connectivity index (χ0) is 11.6. The van der Waals surface area contributed by atoms with Crippen molar-refractivity contribution in [3.05, 3.63) is 0 Å². The molecular formula is C13H25NO2. The first kappa shape index (κ1) is 12.3. The molecule has 2 N–H and O–H groups in total. The first-order chi connectivity index (χ1) is 7.62. The Morgan fingerprint density at radius 3 is 2.81 bits per heavy atom. The number of ether oxygens (including phenoxy) is 2. The lowest BCUT2D eigenvalue weighted by atomic mass is 9.86. The molecule has 3 nitrogen and oxygen atoms in total. The van der Waals surface area contributed by atoms with Crippen LogP contribution in [0.25, 0.3) is 0 Å². The molecule has 1 aliphatic heterocycles. The molecule has 2 atom stereocenters. The zero-order valence-electron chi connectivity index (χ0n) is 10.6. The average Bonchev–Trinajstić information content (AvgIpc) is 2.98. The van der Waals surface area contributed by atoms with Crippen molar-refractivity contribution in [1.82, 2.24) is 0 Å². The summed E-state index contributed by atoms with van der Waals surface area (Å²) in [5, 5.41) is 0. The second-order valence-corrected chi connectivity index (χ2v) is 5.83. The van der Waals surface area contributed by atoms with Crippen LogP contribution in [0, 0.1) is 11.8 Å². The van der Waals surface area contributed by atoms with E-state index in [-0.39, 0.29) is 5.54 Å². The summed E-state index contributed by atoms with van der Waals surface area (Å²) in [7, 11) is 0. The van der Waals surface area contributed by atoms with Gasteiger partial charge in [-0.1, -0.05) is 13.8 Å². The summed E-state index contributed by atoms with van der Waals surface area (Å²) in [5.41, 5.74) is 6.34. The van der Waals surface area contributed by atoms with Gasteiger partial charge in [0.2, 0.25) is 0 Å². The number of rotatable bonds is 6. The van der Waals surface area contributed by atoms with Gasteiger partial charge in [-0.15, -0.1) is 0 Å². The Bertz CT molecular complexity index is 228. The van der Waals surface area contributed by atoms with Crippen molar-refractivity contribution in [3.8, 4) is 0 Å². The summed E-state index contributed by atoms with van der Waals surface area (Å²) in [6, 6.07) is 0. The molecule has 0 aromatic carbocycles. The lowest BCUT2D eigenvalue weighted by Crippen LogP contribution is -2.49. The monoisotopic (exact) mass is 227 g/mol. The van der Waals surface area contributed by atoms with Gasteiger partial charge in [0.15, 0.2) is 0 Å². The average molecular weight is 227 g/mol. The molecule has 3 heteroatoms. The fourth-order valence-corrected chi connectivity index (χ4v) is 2.54. The van der Waals surface area contributed by atoms with Gasteiger partial charge in [0.1, 0.15) is 0 Å². The largest absolute Gasteiger partial charge is 0.381 e. The topological polar surface area (TPSA) is 44.5 Å². The molecule has 0 spiro atoms. The van der Waals surface area contributed by atoms with E-state index in [1.807, 2.05) is 0 Å². The van der Waals surface area contributed by atoms with E-state index in [1.54, 1.807) is 0 Å². The van der Waals surface area contributed by atoms with Crippen molar-refractivity contribution in [2.45, 2.75) is 51.2 Å². The first-order valence-electron chi connectivity index (χ1n) is 6.60. The smallest absolute Gasteiger partial charge is 0.0784 e. The molecule has 1 aliphatic carbocycles. The lowest BCUT2D eigenvalue weighted by Gasteiger charge is -2.30. The Morgan fingerprint density at radius 2 is 2.19 bits per heavy atom. The summed E-state index contributed by atoms with van der Waals surface area (Å²) < 4.78 is 11.4. The lowest BCUT2D eigenvalue weighted by molar-refractivity contribution is 0.0404. The Labute approximate surface area is 98.7 Å². The second kappa shape index (κ2) is 5.03. The van der Waals surface area contributed by atoms with Crippen LogP contribution in [0.3, 0.4) is 0 Å². The normalized spacial score (nSPS) is 34.9. The summed E-state index contributed by atoms with van der Waals surface area (Å²) in [4.78, 5) is 0. The predicted octanol–water partition coefficient (Wildman–Crippen LogP) is 1.95. The predicted molar refractivity (Wildman–Crippen MR) is 64.3 cm³/mol. The highest BCUT2D eigenvalue weighted by molar-refractivity contribution is 5.03. The van der Waals surface area contributed by atoms with Crippen LogP contribution in [-0.4, -0.2) is 31.5 Å². The molecule has 94 valence electrons. The van der Waals surface area contributed by atoms with Crippen LogP contribution in [0.1, 0.15) is 39.5 Å². The van der Waals surface area contributed by atoms with Crippen LogP contribution in [0.4, 0.5) is 0 Å². The summed E-state index contributed by atoms with van der Waals surface area (Å²) >= 11 is 0. The van der Waals surface area contributed by atoms with E-state index in [1.165, 1.54) is 12.8 Å². The molecule has 2 unspecified atom stereocenters. The Morgan fingerprint density at radius 1 is 1.44 bits per heavy atom. The molecule has 0 radical (unpaired) electrons. The molecule has 2 aliphatic rings. The van der Waals surface area contributed by atoms with E-state index in [9.17, 15) is 0 Å². The Balaban J connectivity index is 1.73. The molecule has 0 amide bonds. The van der Waals surface area contributed by atoms with Gasteiger partial charge in [0.25, 0.3) is 0 Å². The van der Waals surface area contributed by atoms with Crippen LogP contribution in [0.2, 0.25) is 0 Å². The van der Waals surface area contributed by atoms with Gasteiger partial charge in [0, 0.05) is 25.4 Å². The van der Waals surface area contributed by atoms with Crippen LogP contribution >= 0.6 is 0 Å². The maximum Gasteiger partial charge on any atom is 0.0784 e. The molecule has 0 aromatic heterocycles. The molecule has 2 fully saturated rings. The number of nitrogens with two attached hydrogens (primary N) is 1. The number of hydrogen-bond acceptors (Lipinski definition) is 3. The summed E-state index contributed by atoms with van der Waals surface area (Å²) in [6.45, 7) is 6.79. The SMILES string of the molecule is CC(C)COCCC1(N)CCOC1C1CC1. The first-order valence-corrected chi connectivity index (χ1v) is 6.60. The highest BCUT2D eigenvalue weighted by atomic mass is 16.5. The van der Waals surface area contributed by atoms with Crippen LogP contribution in [0.15, 0.2) is 0 Å². The van der Waals surface area contributed by atoms with E-state index in [0.29, 0.717) is 12.0 Å². The molecule has 0 aromatic rings. The van der Waals surface area contributed by atoms with Gasteiger partial charge in [-0.05, 0) is 37.5 Å². The third-order valence-corrected chi connectivity index (χ3v) is 3.64. The van der Waals surface area contributed by atoms with E-state index in [2.05, 4.69) is 13.8 Å². The third kappa shape index (κ3) is 2.96. The van der Waals surface area contributed by atoms with E-state index in [0.717, 1.165) is 38.6 Å². The van der Waals surface area contributed by atoms with Gasteiger partial charge in [-0.2, -0.15) is 0 Å². The molecule has 2 rings (SSSR count). The van der Waals surface area contributed by atoms with Gasteiger partial charge < -0.3 is 15.2 Å². The zero-order valence-corrected chi connectivity index (χ0v) is 10.6. The van der Waals surface area contributed by atoms with Crippen molar-refractivity contribution in [2.75, 3.05) is 19.8 Å². The highest BCUT2D eigenvalue weighted by Crippen LogP contribution is 2.43. The van der Waals surface area contributed by atoms with Crippen LogP contribution < -0.4 is 5.73 Å². The summed E-state index contributed by atoms with van der Waals surface area (Å²) in [5.74, 6) is 1.34. The molecule has 1 heterocycles. The third-order valence-electron chi connectivity index (χ3n) is 3.64. The van der Waals surface area contributed by atoms with Crippen LogP contribution in [0.5, 0.6) is 0 Å². The Kier molecular flexibility index (Phi) is 3.88. The van der Waals surface area contributed by atoms with Gasteiger partial charge >= 0.3 is 0 Å². The van der Waals surface area contributed by atoms with Crippen molar-refractivity contribution in [1.29, 1.82) is 0 Å². The van der Waals surface area contributed by atoms with E-state index >= 15 is 0 Å². The minimum absolute atomic E-state index is 0.113. The second-order valence-electron chi connectivity index (χ2n) is 5.83. The molecule has 0 bridgehead atoms. The molecular weight excluding hydrogens is 202 g/mol. The van der Waals surface area contributed by atoms with Gasteiger partial charge in [0.05, 0.1) is 6.10 Å². The molecule has 1 saturated carbocycles. The van der Waals surface area contributed by atoms with Crippen molar-refractivity contribution < 1.29 is 9.47 Å². The van der Waals surface area contributed by atoms with Gasteiger partial charge in [-0.25, -0.2) is 0 Å². The van der Waals surface area contributed by atoms with E-state index < -0.39 is 0 Å². The van der Waals surface area contributed by atoms with Gasteiger partial charge in [-0.3, -0.25) is 0 Å². The fourth-order valence-electron chi connectivity index (χ4n) is 2.54. The van der Waals surface area contributed by atoms with Crippen LogP contribution in [-0.2, 0) is 9.47 Å². The van der Waals surface area contributed by atoms with Crippen molar-refractivity contribution in [3.63, 3.8) is 0 Å². The number of hydrogen-bond donors (Lipinski definition) is 1. The van der Waals surface area contributed by atoms with E-state index in [4.69, 9.17) is 15.2 Å². The molecule has 16 heavy (non-hydrogen) atoms. The molecule has 1 saturated heterocycles. The minimum atomic E-state index is -0.113.